The molecule has 3 atom stereocenters. The fraction of sp³-hybridized carbons (Fsp3) is 0.647. The normalized spacial score (nSPS) is 26.9. The van der Waals surface area contributed by atoms with Gasteiger partial charge in [-0.15, -0.1) is 0 Å². The van der Waals surface area contributed by atoms with Crippen LogP contribution >= 0.6 is 0 Å². The highest BCUT2D eigenvalue weighted by Crippen LogP contribution is 2.34. The average molecular weight is 319 g/mol. The van der Waals surface area contributed by atoms with E-state index >= 15 is 0 Å². The number of pyridine rings is 1. The minimum Gasteiger partial charge on any atom is -0.376 e. The van der Waals surface area contributed by atoms with Crippen LogP contribution in [0.25, 0.3) is 0 Å². The van der Waals surface area contributed by atoms with E-state index in [4.69, 9.17) is 9.47 Å². The van der Waals surface area contributed by atoms with Gasteiger partial charge < -0.3 is 19.3 Å². The smallest absolute Gasteiger partial charge is 0.319 e. The molecule has 2 fully saturated rings. The van der Waals surface area contributed by atoms with Gasteiger partial charge in [-0.3, -0.25) is 4.98 Å². The number of rotatable bonds is 4. The van der Waals surface area contributed by atoms with Crippen LogP contribution in [0.4, 0.5) is 4.79 Å². The number of aromatic nitrogens is 1. The fourth-order valence-electron chi connectivity index (χ4n) is 3.51. The molecule has 0 N–H and O–H groups in total. The largest absolute Gasteiger partial charge is 0.376 e. The SMILES string of the molecule is CN(C)C(=O)N1CCO[C@@H]2CC(COCc3cccnc3)C[C@H]21. The molecule has 2 aliphatic rings. The maximum atomic E-state index is 12.3. The lowest BCUT2D eigenvalue weighted by atomic mass is 10.1. The van der Waals surface area contributed by atoms with Crippen LogP contribution < -0.4 is 0 Å². The van der Waals surface area contributed by atoms with Crippen molar-refractivity contribution in [1.82, 2.24) is 14.8 Å². The Bertz CT molecular complexity index is 523. The number of amides is 2. The molecule has 0 spiro atoms. The van der Waals surface area contributed by atoms with Crippen LogP contribution in [0, 0.1) is 5.92 Å². The summed E-state index contributed by atoms with van der Waals surface area (Å²) in [6.45, 7) is 2.60. The Morgan fingerprint density at radius 2 is 2.35 bits per heavy atom. The zero-order valence-electron chi connectivity index (χ0n) is 13.9. The molecule has 1 unspecified atom stereocenters. The van der Waals surface area contributed by atoms with Crippen molar-refractivity contribution in [3.05, 3.63) is 30.1 Å². The molecule has 3 rings (SSSR count). The second-order valence-corrected chi connectivity index (χ2v) is 6.56. The van der Waals surface area contributed by atoms with E-state index in [-0.39, 0.29) is 18.2 Å². The lowest BCUT2D eigenvalue weighted by molar-refractivity contribution is -0.0423. The molecule has 126 valence electrons. The summed E-state index contributed by atoms with van der Waals surface area (Å²) in [4.78, 5) is 20.0. The lowest BCUT2D eigenvalue weighted by Crippen LogP contribution is -2.54. The molecule has 1 aliphatic heterocycles. The minimum absolute atomic E-state index is 0.0835. The van der Waals surface area contributed by atoms with Crippen molar-refractivity contribution in [2.24, 2.45) is 5.92 Å². The van der Waals surface area contributed by atoms with Crippen LogP contribution in [0.2, 0.25) is 0 Å². The van der Waals surface area contributed by atoms with Gasteiger partial charge in [-0.1, -0.05) is 6.07 Å². The number of nitrogens with zero attached hydrogens (tertiary/aromatic N) is 3. The quantitative estimate of drug-likeness (QED) is 0.848. The average Bonchev–Trinajstić information content (AvgIpc) is 2.97. The second kappa shape index (κ2) is 7.27. The number of ether oxygens (including phenoxy) is 2. The summed E-state index contributed by atoms with van der Waals surface area (Å²) >= 11 is 0. The first-order chi connectivity index (χ1) is 11.1. The van der Waals surface area contributed by atoms with E-state index in [1.54, 1.807) is 25.2 Å². The molecule has 2 heterocycles. The predicted octanol–water partition coefficient (Wildman–Crippen LogP) is 1.76. The summed E-state index contributed by atoms with van der Waals surface area (Å²) in [7, 11) is 3.60. The van der Waals surface area contributed by atoms with Gasteiger partial charge in [0.2, 0.25) is 0 Å². The first-order valence-corrected chi connectivity index (χ1v) is 8.21. The highest BCUT2D eigenvalue weighted by Gasteiger charge is 2.43. The van der Waals surface area contributed by atoms with Crippen LogP contribution in [-0.2, 0) is 16.1 Å². The van der Waals surface area contributed by atoms with Crippen molar-refractivity contribution in [3.8, 4) is 0 Å². The van der Waals surface area contributed by atoms with E-state index in [0.29, 0.717) is 32.3 Å². The third kappa shape index (κ3) is 3.82. The molecule has 6 heteroatoms. The number of hydrogen-bond donors (Lipinski definition) is 0. The number of carbonyl (C=O) groups is 1. The third-order valence-electron chi connectivity index (χ3n) is 4.61. The van der Waals surface area contributed by atoms with E-state index < -0.39 is 0 Å². The first-order valence-electron chi connectivity index (χ1n) is 8.21. The number of morpholine rings is 1. The maximum absolute atomic E-state index is 12.3. The molecule has 1 saturated heterocycles. The summed E-state index contributed by atoms with van der Waals surface area (Å²) < 4.78 is 11.7. The fourth-order valence-corrected chi connectivity index (χ4v) is 3.51. The van der Waals surface area contributed by atoms with E-state index in [2.05, 4.69) is 4.98 Å². The Morgan fingerprint density at radius 1 is 1.48 bits per heavy atom. The first kappa shape index (κ1) is 16.2. The Labute approximate surface area is 137 Å². The van der Waals surface area contributed by atoms with Crippen molar-refractivity contribution >= 4 is 6.03 Å². The highest BCUT2D eigenvalue weighted by molar-refractivity contribution is 5.74. The predicted molar refractivity (Wildman–Crippen MR) is 85.9 cm³/mol. The van der Waals surface area contributed by atoms with Gasteiger partial charge in [0, 0.05) is 33.0 Å². The van der Waals surface area contributed by atoms with Gasteiger partial charge in [0.1, 0.15) is 0 Å². The van der Waals surface area contributed by atoms with Gasteiger partial charge in [-0.25, -0.2) is 4.79 Å². The molecule has 23 heavy (non-hydrogen) atoms. The lowest BCUT2D eigenvalue weighted by Gasteiger charge is -2.38. The zero-order chi connectivity index (χ0) is 16.2. The minimum atomic E-state index is 0.0835. The molecule has 0 aromatic carbocycles. The second-order valence-electron chi connectivity index (χ2n) is 6.56. The van der Waals surface area contributed by atoms with Crippen molar-refractivity contribution in [3.63, 3.8) is 0 Å². The monoisotopic (exact) mass is 319 g/mol. The van der Waals surface area contributed by atoms with Gasteiger partial charge >= 0.3 is 6.03 Å². The van der Waals surface area contributed by atoms with Crippen LogP contribution in [0.15, 0.2) is 24.5 Å². The molecule has 1 aromatic heterocycles. The molecule has 6 nitrogen and oxygen atoms in total. The molecule has 1 aromatic rings. The van der Waals surface area contributed by atoms with E-state index in [1.807, 2.05) is 23.2 Å². The van der Waals surface area contributed by atoms with E-state index in [0.717, 1.165) is 18.4 Å². The van der Waals surface area contributed by atoms with Crippen LogP contribution in [0.1, 0.15) is 18.4 Å². The van der Waals surface area contributed by atoms with E-state index in [9.17, 15) is 4.79 Å². The summed E-state index contributed by atoms with van der Waals surface area (Å²) in [5.74, 6) is 0.442. The van der Waals surface area contributed by atoms with Gasteiger partial charge in [-0.2, -0.15) is 0 Å². The van der Waals surface area contributed by atoms with Gasteiger partial charge in [-0.05, 0) is 30.4 Å². The summed E-state index contributed by atoms with van der Waals surface area (Å²) in [6.07, 6.45) is 5.67. The molecule has 1 saturated carbocycles. The maximum Gasteiger partial charge on any atom is 0.319 e. The molecular weight excluding hydrogens is 294 g/mol. The van der Waals surface area contributed by atoms with Crippen LogP contribution in [0.3, 0.4) is 0 Å². The number of carbonyl (C=O) groups excluding carboxylic acids is 1. The molecular formula is C17H25N3O3. The summed E-state index contributed by atoms with van der Waals surface area (Å²) in [5.41, 5.74) is 1.09. The summed E-state index contributed by atoms with van der Waals surface area (Å²) in [6, 6.07) is 4.20. The number of hydrogen-bond acceptors (Lipinski definition) is 4. The topological polar surface area (TPSA) is 54.9 Å². The van der Waals surface area contributed by atoms with Crippen molar-refractivity contribution < 1.29 is 14.3 Å². The zero-order valence-corrected chi connectivity index (χ0v) is 13.9. The van der Waals surface area contributed by atoms with Crippen LogP contribution in [-0.4, -0.2) is 66.8 Å². The Balaban J connectivity index is 1.51. The van der Waals surface area contributed by atoms with Gasteiger partial charge in [0.25, 0.3) is 0 Å². The van der Waals surface area contributed by atoms with Crippen molar-refractivity contribution in [2.75, 3.05) is 33.9 Å². The van der Waals surface area contributed by atoms with Crippen molar-refractivity contribution in [1.29, 1.82) is 0 Å². The third-order valence-corrected chi connectivity index (χ3v) is 4.61. The number of fused-ring (bicyclic) bond motifs is 1. The highest BCUT2D eigenvalue weighted by atomic mass is 16.5. The molecule has 0 radical (unpaired) electrons. The Kier molecular flexibility index (Phi) is 5.13. The van der Waals surface area contributed by atoms with Gasteiger partial charge in [0.05, 0.1) is 32.0 Å². The van der Waals surface area contributed by atoms with Gasteiger partial charge in [0.15, 0.2) is 0 Å². The number of urea groups is 1. The Hall–Kier alpha value is -1.66. The molecule has 1 aliphatic carbocycles. The Morgan fingerprint density at radius 3 is 3.09 bits per heavy atom. The molecule has 0 bridgehead atoms. The van der Waals surface area contributed by atoms with Crippen LogP contribution in [0.5, 0.6) is 0 Å². The standard InChI is InChI=1S/C17H25N3O3/c1-19(2)17(21)20-6-7-23-16-9-14(8-15(16)20)12-22-11-13-4-3-5-18-10-13/h3-5,10,14-16H,6-9,11-12H2,1-2H3/t14?,15-,16-/m1/s1. The van der Waals surface area contributed by atoms with E-state index in [1.165, 1.54) is 0 Å². The van der Waals surface area contributed by atoms with Crippen molar-refractivity contribution in [2.45, 2.75) is 31.6 Å². The molecule has 2 amide bonds. The summed E-state index contributed by atoms with van der Waals surface area (Å²) in [5, 5.41) is 0.